The van der Waals surface area contributed by atoms with Gasteiger partial charge >= 0.3 is 0 Å². The van der Waals surface area contributed by atoms with Crippen LogP contribution in [0.2, 0.25) is 0 Å². The first-order valence-corrected chi connectivity index (χ1v) is 7.94. The Morgan fingerprint density at radius 1 is 1.24 bits per heavy atom. The van der Waals surface area contributed by atoms with E-state index in [-0.39, 0.29) is 5.91 Å². The molecule has 2 aromatic rings. The topological polar surface area (TPSA) is 54.0 Å². The van der Waals surface area contributed by atoms with Gasteiger partial charge in [0.2, 0.25) is 0 Å². The minimum absolute atomic E-state index is 0.139. The van der Waals surface area contributed by atoms with Gasteiger partial charge in [-0.1, -0.05) is 18.2 Å². The van der Waals surface area contributed by atoms with Gasteiger partial charge in [-0.2, -0.15) is 0 Å². The van der Waals surface area contributed by atoms with Crippen LogP contribution in [0.3, 0.4) is 0 Å². The Kier molecular flexibility index (Phi) is 6.09. The van der Waals surface area contributed by atoms with E-state index in [2.05, 4.69) is 27.8 Å². The van der Waals surface area contributed by atoms with Crippen molar-refractivity contribution in [1.29, 1.82) is 0 Å². The molecule has 0 radical (unpaired) electrons. The number of pyridine rings is 1. The van der Waals surface area contributed by atoms with Gasteiger partial charge in [0.15, 0.2) is 0 Å². The lowest BCUT2D eigenvalue weighted by molar-refractivity contribution is 0.0951. The van der Waals surface area contributed by atoms with E-state index in [1.54, 1.807) is 24.0 Å². The predicted molar refractivity (Wildman–Crippen MR) is 87.9 cm³/mol. The largest absolute Gasteiger partial charge is 0.384 e. The fraction of sp³-hybridized carbons (Fsp3) is 0.250. The molecular weight excluding hydrogens is 282 g/mol. The van der Waals surface area contributed by atoms with Crippen molar-refractivity contribution in [2.45, 2.75) is 11.8 Å². The Balaban J connectivity index is 1.80. The molecule has 0 atom stereocenters. The number of thioether (sulfide) groups is 1. The highest BCUT2D eigenvalue weighted by molar-refractivity contribution is 7.99. The van der Waals surface area contributed by atoms with Gasteiger partial charge < -0.3 is 10.6 Å². The number of hydrogen-bond donors (Lipinski definition) is 2. The van der Waals surface area contributed by atoms with Crippen molar-refractivity contribution in [1.82, 2.24) is 10.3 Å². The summed E-state index contributed by atoms with van der Waals surface area (Å²) in [6, 6.07) is 13.9. The molecular formula is C16H19N3OS. The van der Waals surface area contributed by atoms with Crippen LogP contribution in [-0.2, 0) is 0 Å². The number of amides is 1. The summed E-state index contributed by atoms with van der Waals surface area (Å²) in [5.41, 5.74) is 1.36. The zero-order chi connectivity index (χ0) is 14.9. The summed E-state index contributed by atoms with van der Waals surface area (Å²) in [7, 11) is 0. The molecule has 110 valence electrons. The fourth-order valence-corrected chi connectivity index (χ4v) is 2.59. The maximum atomic E-state index is 11.7. The minimum atomic E-state index is -0.139. The zero-order valence-electron chi connectivity index (χ0n) is 12.0. The first-order valence-electron chi connectivity index (χ1n) is 6.95. The van der Waals surface area contributed by atoms with E-state index in [1.165, 1.54) is 4.90 Å². The van der Waals surface area contributed by atoms with E-state index < -0.39 is 0 Å². The summed E-state index contributed by atoms with van der Waals surface area (Å²) < 4.78 is 0. The summed E-state index contributed by atoms with van der Waals surface area (Å²) in [6.45, 7) is 3.32. The Bertz CT molecular complexity index is 575. The number of nitrogens with zero attached hydrogens (tertiary/aromatic N) is 1. The zero-order valence-corrected chi connectivity index (χ0v) is 12.8. The summed E-state index contributed by atoms with van der Waals surface area (Å²) in [5.74, 6) is 0.822. The lowest BCUT2D eigenvalue weighted by atomic mass is 10.3. The van der Waals surface area contributed by atoms with Gasteiger partial charge in [0.25, 0.3) is 5.91 Å². The van der Waals surface area contributed by atoms with Crippen LogP contribution in [-0.4, -0.2) is 29.7 Å². The Hall–Kier alpha value is -2.01. The van der Waals surface area contributed by atoms with Crippen molar-refractivity contribution in [2.24, 2.45) is 0 Å². The molecule has 0 unspecified atom stereocenters. The lowest BCUT2D eigenvalue weighted by Gasteiger charge is -2.08. The van der Waals surface area contributed by atoms with Gasteiger partial charge in [-0.15, -0.1) is 11.8 Å². The molecule has 0 spiro atoms. The number of nitrogens with one attached hydrogen (secondary N) is 2. The van der Waals surface area contributed by atoms with Gasteiger partial charge in [-0.3, -0.25) is 9.78 Å². The Labute approximate surface area is 129 Å². The molecule has 0 aliphatic rings. The van der Waals surface area contributed by atoms with E-state index >= 15 is 0 Å². The van der Waals surface area contributed by atoms with E-state index in [1.807, 2.05) is 31.2 Å². The summed E-state index contributed by atoms with van der Waals surface area (Å²) >= 11 is 1.80. The van der Waals surface area contributed by atoms with Crippen LogP contribution in [0.15, 0.2) is 53.6 Å². The van der Waals surface area contributed by atoms with Gasteiger partial charge in [0.05, 0.1) is 0 Å². The molecule has 21 heavy (non-hydrogen) atoms. The molecule has 1 heterocycles. The second kappa shape index (κ2) is 8.32. The van der Waals surface area contributed by atoms with Crippen LogP contribution in [0.25, 0.3) is 0 Å². The molecule has 5 heteroatoms. The molecule has 0 fully saturated rings. The average molecular weight is 301 g/mol. The Morgan fingerprint density at radius 2 is 2.05 bits per heavy atom. The summed E-state index contributed by atoms with van der Waals surface area (Å²) in [6.07, 6.45) is 1.65. The van der Waals surface area contributed by atoms with Gasteiger partial charge in [0, 0.05) is 35.6 Å². The maximum Gasteiger partial charge on any atom is 0.269 e. The van der Waals surface area contributed by atoms with Crippen LogP contribution in [0.4, 0.5) is 5.69 Å². The predicted octanol–water partition coefficient (Wildman–Crippen LogP) is 3.04. The highest BCUT2D eigenvalue weighted by Gasteiger charge is 2.05. The maximum absolute atomic E-state index is 11.7. The second-order valence-electron chi connectivity index (χ2n) is 4.38. The highest BCUT2D eigenvalue weighted by atomic mass is 32.2. The van der Waals surface area contributed by atoms with Crippen molar-refractivity contribution in [2.75, 3.05) is 24.2 Å². The average Bonchev–Trinajstić information content (AvgIpc) is 2.53. The molecule has 1 aromatic heterocycles. The number of carbonyl (C=O) groups is 1. The molecule has 2 N–H and O–H groups in total. The number of anilines is 1. The molecule has 1 aromatic carbocycles. The first kappa shape index (κ1) is 15.4. The van der Waals surface area contributed by atoms with Crippen LogP contribution >= 0.6 is 11.8 Å². The SMILES string of the molecule is CCNC(=O)c1cc(NCCSc2ccccc2)ccn1. The van der Waals surface area contributed by atoms with Crippen LogP contribution < -0.4 is 10.6 Å². The van der Waals surface area contributed by atoms with Gasteiger partial charge in [0.1, 0.15) is 5.69 Å². The fourth-order valence-electron chi connectivity index (χ4n) is 1.80. The molecule has 0 aliphatic carbocycles. The third kappa shape index (κ3) is 5.11. The van der Waals surface area contributed by atoms with Crippen molar-refractivity contribution in [3.63, 3.8) is 0 Å². The smallest absolute Gasteiger partial charge is 0.269 e. The summed E-state index contributed by atoms with van der Waals surface area (Å²) in [4.78, 5) is 17.0. The molecule has 0 bridgehead atoms. The molecule has 0 saturated carbocycles. The number of hydrogen-bond acceptors (Lipinski definition) is 4. The van der Waals surface area contributed by atoms with Crippen LogP contribution in [0.1, 0.15) is 17.4 Å². The normalized spacial score (nSPS) is 10.1. The van der Waals surface area contributed by atoms with Crippen molar-refractivity contribution in [3.8, 4) is 0 Å². The monoisotopic (exact) mass is 301 g/mol. The molecule has 0 saturated heterocycles. The van der Waals surface area contributed by atoms with Crippen LogP contribution in [0.5, 0.6) is 0 Å². The molecule has 2 rings (SSSR count). The third-order valence-electron chi connectivity index (χ3n) is 2.77. The lowest BCUT2D eigenvalue weighted by Crippen LogP contribution is -2.23. The van der Waals surface area contributed by atoms with E-state index in [0.29, 0.717) is 12.2 Å². The van der Waals surface area contributed by atoms with E-state index in [0.717, 1.165) is 18.0 Å². The standard InChI is InChI=1S/C16H19N3OS/c1-2-17-16(20)15-12-13(8-9-19-15)18-10-11-21-14-6-4-3-5-7-14/h3-9,12H,2,10-11H2,1H3,(H,17,20)(H,18,19). The van der Waals surface area contributed by atoms with E-state index in [9.17, 15) is 4.79 Å². The molecule has 4 nitrogen and oxygen atoms in total. The third-order valence-corrected chi connectivity index (χ3v) is 3.79. The minimum Gasteiger partial charge on any atom is -0.384 e. The van der Waals surface area contributed by atoms with Crippen molar-refractivity contribution in [3.05, 3.63) is 54.4 Å². The quantitative estimate of drug-likeness (QED) is 0.610. The van der Waals surface area contributed by atoms with Gasteiger partial charge in [-0.05, 0) is 31.2 Å². The second-order valence-corrected chi connectivity index (χ2v) is 5.55. The Morgan fingerprint density at radius 3 is 2.81 bits per heavy atom. The highest BCUT2D eigenvalue weighted by Crippen LogP contribution is 2.16. The number of benzene rings is 1. The van der Waals surface area contributed by atoms with Crippen LogP contribution in [0, 0.1) is 0 Å². The van der Waals surface area contributed by atoms with Crippen molar-refractivity contribution < 1.29 is 4.79 Å². The van der Waals surface area contributed by atoms with Gasteiger partial charge in [-0.25, -0.2) is 0 Å². The van der Waals surface area contributed by atoms with Crippen molar-refractivity contribution >= 4 is 23.4 Å². The van der Waals surface area contributed by atoms with E-state index in [4.69, 9.17) is 0 Å². The number of carbonyl (C=O) groups excluding carboxylic acids is 1. The molecule has 1 amide bonds. The first-order chi connectivity index (χ1) is 10.3. The number of aromatic nitrogens is 1. The molecule has 0 aliphatic heterocycles. The number of rotatable bonds is 7. The summed E-state index contributed by atoms with van der Waals surface area (Å²) in [5, 5.41) is 6.06.